The van der Waals surface area contributed by atoms with Crippen LogP contribution in [0, 0.1) is 12.8 Å². The molecule has 1 saturated heterocycles. The second-order valence-electron chi connectivity index (χ2n) is 8.87. The Labute approximate surface area is 183 Å². The molecule has 1 aromatic heterocycles. The molecule has 2 fully saturated rings. The molecule has 1 saturated carbocycles. The number of rotatable bonds is 6. The average molecular weight is 425 g/mol. The first-order valence-corrected chi connectivity index (χ1v) is 11.4. The van der Waals surface area contributed by atoms with E-state index in [2.05, 4.69) is 26.8 Å². The van der Waals surface area contributed by atoms with Gasteiger partial charge in [0.1, 0.15) is 5.76 Å². The fourth-order valence-corrected chi connectivity index (χ4v) is 4.59. The first-order chi connectivity index (χ1) is 15.1. The summed E-state index contributed by atoms with van der Waals surface area (Å²) in [7, 11) is 0. The monoisotopic (exact) mass is 424 g/mol. The number of carbonyl (C=O) groups excluding carboxylic acids is 2. The number of carbonyl (C=O) groups is 2. The van der Waals surface area contributed by atoms with Crippen molar-refractivity contribution < 1.29 is 14.1 Å². The molecule has 2 N–H and O–H groups in total. The predicted octanol–water partition coefficient (Wildman–Crippen LogP) is 3.90. The van der Waals surface area contributed by atoms with Crippen molar-refractivity contribution in [3.05, 3.63) is 47.3 Å². The Morgan fingerprint density at radius 1 is 1.10 bits per heavy atom. The van der Waals surface area contributed by atoms with E-state index < -0.39 is 0 Å². The normalized spacial score (nSPS) is 18.6. The molecule has 2 heterocycles. The number of piperidine rings is 1. The van der Waals surface area contributed by atoms with Gasteiger partial charge in [-0.05, 0) is 63.4 Å². The van der Waals surface area contributed by atoms with Gasteiger partial charge in [-0.25, -0.2) is 0 Å². The van der Waals surface area contributed by atoms with Crippen LogP contribution in [0.25, 0.3) is 0 Å². The second-order valence-corrected chi connectivity index (χ2v) is 8.87. The molecule has 2 amide bonds. The van der Waals surface area contributed by atoms with Crippen molar-refractivity contribution in [3.63, 3.8) is 0 Å². The van der Waals surface area contributed by atoms with Crippen molar-refractivity contribution in [3.8, 4) is 0 Å². The molecule has 0 atom stereocenters. The Kier molecular flexibility index (Phi) is 7.02. The van der Waals surface area contributed by atoms with Gasteiger partial charge in [-0.2, -0.15) is 0 Å². The molecule has 1 aromatic carbocycles. The molecule has 4 rings (SSSR count). The van der Waals surface area contributed by atoms with Gasteiger partial charge in [-0.15, -0.1) is 0 Å². The third-order valence-corrected chi connectivity index (χ3v) is 6.36. The Balaban J connectivity index is 1.25. The summed E-state index contributed by atoms with van der Waals surface area (Å²) in [5.74, 6) is 0.711. The molecular weight excluding hydrogens is 392 g/mol. The van der Waals surface area contributed by atoms with Crippen LogP contribution >= 0.6 is 0 Å². The molecule has 1 aliphatic carbocycles. The topological polar surface area (TPSA) is 87.5 Å². The first-order valence-electron chi connectivity index (χ1n) is 11.4. The number of hydrogen-bond acceptors (Lipinski definition) is 5. The molecule has 7 heteroatoms. The summed E-state index contributed by atoms with van der Waals surface area (Å²) in [4.78, 5) is 27.3. The van der Waals surface area contributed by atoms with E-state index in [9.17, 15) is 9.59 Å². The number of benzene rings is 1. The summed E-state index contributed by atoms with van der Waals surface area (Å²) in [6.07, 6.45) is 7.85. The molecule has 31 heavy (non-hydrogen) atoms. The number of likely N-dealkylation sites (tertiary alicyclic amines) is 1. The summed E-state index contributed by atoms with van der Waals surface area (Å²) < 4.78 is 4.97. The lowest BCUT2D eigenvalue weighted by molar-refractivity contribution is -0.127. The van der Waals surface area contributed by atoms with Crippen LogP contribution < -0.4 is 10.6 Å². The van der Waals surface area contributed by atoms with Crippen molar-refractivity contribution in [2.75, 3.05) is 18.4 Å². The van der Waals surface area contributed by atoms with Crippen molar-refractivity contribution in [1.29, 1.82) is 0 Å². The third kappa shape index (κ3) is 5.94. The van der Waals surface area contributed by atoms with E-state index in [4.69, 9.17) is 4.52 Å². The average Bonchev–Trinajstić information content (AvgIpc) is 3.22. The maximum atomic E-state index is 12.6. The number of nitrogens with zero attached hydrogens (tertiary/aromatic N) is 2. The highest BCUT2D eigenvalue weighted by Crippen LogP contribution is 2.23. The largest absolute Gasteiger partial charge is 0.361 e. The summed E-state index contributed by atoms with van der Waals surface area (Å²) in [6, 6.07) is 9.89. The van der Waals surface area contributed by atoms with Crippen LogP contribution in [0.2, 0.25) is 0 Å². The van der Waals surface area contributed by atoms with Crippen molar-refractivity contribution in [2.24, 2.45) is 5.92 Å². The number of hydrogen-bond donors (Lipinski definition) is 2. The highest BCUT2D eigenvalue weighted by atomic mass is 16.5. The van der Waals surface area contributed by atoms with Gasteiger partial charge in [0, 0.05) is 30.3 Å². The minimum atomic E-state index is -0.279. The zero-order chi connectivity index (χ0) is 21.6. The van der Waals surface area contributed by atoms with E-state index in [0.717, 1.165) is 56.6 Å². The zero-order valence-corrected chi connectivity index (χ0v) is 18.2. The van der Waals surface area contributed by atoms with Gasteiger partial charge in [-0.1, -0.05) is 36.6 Å². The number of amides is 2. The van der Waals surface area contributed by atoms with E-state index in [1.165, 1.54) is 19.3 Å². The van der Waals surface area contributed by atoms with Crippen LogP contribution in [-0.2, 0) is 11.3 Å². The van der Waals surface area contributed by atoms with Crippen LogP contribution in [-0.4, -0.2) is 41.0 Å². The molecule has 166 valence electrons. The molecule has 0 spiro atoms. The number of anilines is 1. The van der Waals surface area contributed by atoms with E-state index in [1.807, 2.05) is 18.2 Å². The first kappa shape index (κ1) is 21.6. The van der Waals surface area contributed by atoms with Crippen LogP contribution in [0.1, 0.15) is 66.8 Å². The van der Waals surface area contributed by atoms with Gasteiger partial charge in [0.05, 0.1) is 0 Å². The number of aryl methyl sites for hydroxylation is 1. The summed E-state index contributed by atoms with van der Waals surface area (Å²) in [5.41, 5.74) is 2.15. The van der Waals surface area contributed by atoms with Crippen molar-refractivity contribution in [2.45, 2.75) is 64.5 Å². The summed E-state index contributed by atoms with van der Waals surface area (Å²) in [6.45, 7) is 4.39. The van der Waals surface area contributed by atoms with Gasteiger partial charge >= 0.3 is 0 Å². The molecule has 2 aliphatic rings. The lowest BCUT2D eigenvalue weighted by atomic mass is 9.92. The van der Waals surface area contributed by atoms with E-state index >= 15 is 0 Å². The van der Waals surface area contributed by atoms with Gasteiger partial charge in [0.25, 0.3) is 5.91 Å². The Hall–Kier alpha value is -2.67. The van der Waals surface area contributed by atoms with Gasteiger partial charge in [-0.3, -0.25) is 14.5 Å². The molecule has 2 aromatic rings. The fourth-order valence-electron chi connectivity index (χ4n) is 4.59. The van der Waals surface area contributed by atoms with E-state index in [1.54, 1.807) is 13.0 Å². The Bertz CT molecular complexity index is 896. The summed E-state index contributed by atoms with van der Waals surface area (Å²) >= 11 is 0. The summed E-state index contributed by atoms with van der Waals surface area (Å²) in [5, 5.41) is 9.92. The SMILES string of the molecule is Cc1cc(C(=O)Nc2cccc(CN3CCC(C(=O)NC4CCCCC4)CC3)c2)no1. The van der Waals surface area contributed by atoms with Crippen LogP contribution in [0.15, 0.2) is 34.9 Å². The van der Waals surface area contributed by atoms with Crippen molar-refractivity contribution in [1.82, 2.24) is 15.4 Å². The zero-order valence-electron chi connectivity index (χ0n) is 18.2. The lowest BCUT2D eigenvalue weighted by Crippen LogP contribution is -2.44. The highest BCUT2D eigenvalue weighted by molar-refractivity contribution is 6.02. The minimum Gasteiger partial charge on any atom is -0.361 e. The van der Waals surface area contributed by atoms with E-state index in [0.29, 0.717) is 11.8 Å². The Morgan fingerprint density at radius 3 is 2.58 bits per heavy atom. The highest BCUT2D eigenvalue weighted by Gasteiger charge is 2.27. The maximum Gasteiger partial charge on any atom is 0.277 e. The third-order valence-electron chi connectivity index (χ3n) is 6.36. The minimum absolute atomic E-state index is 0.134. The molecule has 0 bridgehead atoms. The predicted molar refractivity (Wildman–Crippen MR) is 119 cm³/mol. The van der Waals surface area contributed by atoms with E-state index in [-0.39, 0.29) is 23.4 Å². The second kappa shape index (κ2) is 10.1. The molecule has 0 unspecified atom stereocenters. The van der Waals surface area contributed by atoms with Crippen molar-refractivity contribution >= 4 is 17.5 Å². The smallest absolute Gasteiger partial charge is 0.277 e. The van der Waals surface area contributed by atoms with Crippen LogP contribution in [0.4, 0.5) is 5.69 Å². The van der Waals surface area contributed by atoms with Gasteiger partial charge < -0.3 is 15.2 Å². The van der Waals surface area contributed by atoms with Gasteiger partial charge in [0.2, 0.25) is 5.91 Å². The van der Waals surface area contributed by atoms with Crippen LogP contribution in [0.5, 0.6) is 0 Å². The fraction of sp³-hybridized carbons (Fsp3) is 0.542. The molecule has 0 radical (unpaired) electrons. The number of aromatic nitrogens is 1. The maximum absolute atomic E-state index is 12.6. The Morgan fingerprint density at radius 2 is 1.87 bits per heavy atom. The van der Waals surface area contributed by atoms with Crippen LogP contribution in [0.3, 0.4) is 0 Å². The quantitative estimate of drug-likeness (QED) is 0.734. The lowest BCUT2D eigenvalue weighted by Gasteiger charge is -2.32. The molecule has 1 aliphatic heterocycles. The van der Waals surface area contributed by atoms with Gasteiger partial charge in [0.15, 0.2) is 5.69 Å². The standard InChI is InChI=1S/C24H32N4O3/c1-17-14-22(27-31-17)24(30)26-21-9-5-6-18(15-21)16-28-12-10-19(11-13-28)23(29)25-20-7-3-2-4-8-20/h5-6,9,14-15,19-20H,2-4,7-8,10-13,16H2,1H3,(H,25,29)(H,26,30). The number of nitrogens with one attached hydrogen (secondary N) is 2. The molecular formula is C24H32N4O3. The molecule has 7 nitrogen and oxygen atoms in total.